The van der Waals surface area contributed by atoms with Crippen molar-refractivity contribution >= 4 is 28.1 Å². The number of aliphatic hydroxyl groups is 1. The topological polar surface area (TPSA) is 49.3 Å². The first-order valence-corrected chi connectivity index (χ1v) is 9.35. The number of aromatic nitrogens is 2. The molecule has 1 aromatic carbocycles. The Bertz CT molecular complexity index is 693. The molecule has 1 aromatic heterocycles. The molecule has 0 bridgehead atoms. The minimum atomic E-state index is -0.0218. The zero-order valence-electron chi connectivity index (χ0n) is 12.9. The predicted molar refractivity (Wildman–Crippen MR) is 93.1 cm³/mol. The Morgan fingerprint density at radius 2 is 2.04 bits per heavy atom. The van der Waals surface area contributed by atoms with E-state index in [-0.39, 0.29) is 6.61 Å². The molecule has 2 heterocycles. The van der Waals surface area contributed by atoms with E-state index < -0.39 is 0 Å². The van der Waals surface area contributed by atoms with Crippen molar-refractivity contribution in [2.45, 2.75) is 37.7 Å². The molecule has 2 aliphatic rings. The van der Waals surface area contributed by atoms with Gasteiger partial charge in [0.2, 0.25) is 5.13 Å². The molecule has 6 heteroatoms. The third kappa shape index (κ3) is 2.86. The summed E-state index contributed by atoms with van der Waals surface area (Å²) in [6, 6.07) is 8.42. The predicted octanol–water partition coefficient (Wildman–Crippen LogP) is 3.63. The van der Waals surface area contributed by atoms with Crippen LogP contribution in [0.3, 0.4) is 0 Å². The van der Waals surface area contributed by atoms with E-state index in [1.165, 1.54) is 42.6 Å². The van der Waals surface area contributed by atoms with Gasteiger partial charge in [0.05, 0.1) is 6.61 Å². The summed E-state index contributed by atoms with van der Waals surface area (Å²) < 4.78 is 0. The van der Waals surface area contributed by atoms with Crippen LogP contribution in [-0.2, 0) is 12.0 Å². The van der Waals surface area contributed by atoms with E-state index in [0.29, 0.717) is 10.4 Å². The van der Waals surface area contributed by atoms with Gasteiger partial charge in [-0.15, -0.1) is 10.2 Å². The quantitative estimate of drug-likeness (QED) is 0.915. The van der Waals surface area contributed by atoms with Crippen LogP contribution in [0.1, 0.15) is 36.3 Å². The highest BCUT2D eigenvalue weighted by Gasteiger charge is 2.50. The van der Waals surface area contributed by atoms with E-state index >= 15 is 0 Å². The summed E-state index contributed by atoms with van der Waals surface area (Å²) >= 11 is 7.69. The van der Waals surface area contributed by atoms with Gasteiger partial charge in [0.1, 0.15) is 5.01 Å². The Morgan fingerprint density at radius 3 is 2.65 bits per heavy atom. The van der Waals surface area contributed by atoms with Crippen LogP contribution in [0.5, 0.6) is 0 Å². The van der Waals surface area contributed by atoms with Gasteiger partial charge in [-0.25, -0.2) is 0 Å². The molecule has 4 nitrogen and oxygen atoms in total. The monoisotopic (exact) mass is 349 g/mol. The number of nitrogens with zero attached hydrogens (tertiary/aromatic N) is 3. The van der Waals surface area contributed by atoms with Gasteiger partial charge in [-0.3, -0.25) is 0 Å². The second kappa shape index (κ2) is 6.04. The Kier molecular flexibility index (Phi) is 4.03. The highest BCUT2D eigenvalue weighted by Crippen LogP contribution is 2.57. The molecule has 0 atom stereocenters. The number of rotatable bonds is 4. The minimum Gasteiger partial charge on any atom is -0.389 e. The molecule has 1 aliphatic carbocycles. The lowest BCUT2D eigenvalue weighted by Crippen LogP contribution is -2.38. The van der Waals surface area contributed by atoms with Gasteiger partial charge >= 0.3 is 0 Å². The molecule has 2 aromatic rings. The fourth-order valence-electron chi connectivity index (χ4n) is 3.93. The second-order valence-corrected chi connectivity index (χ2v) is 8.04. The fraction of sp³-hybridized carbons (Fsp3) is 0.529. The van der Waals surface area contributed by atoms with Gasteiger partial charge in [-0.1, -0.05) is 35.1 Å². The third-order valence-electron chi connectivity index (χ3n) is 5.33. The average molecular weight is 350 g/mol. The number of benzene rings is 1. The first kappa shape index (κ1) is 15.4. The Hall–Kier alpha value is -1.17. The van der Waals surface area contributed by atoms with Gasteiger partial charge in [0.15, 0.2) is 0 Å². The van der Waals surface area contributed by atoms with Crippen molar-refractivity contribution in [2.24, 2.45) is 5.92 Å². The highest BCUT2D eigenvalue weighted by atomic mass is 35.5. The van der Waals surface area contributed by atoms with Gasteiger partial charge in [-0.2, -0.15) is 0 Å². The fourth-order valence-corrected chi connectivity index (χ4v) is 4.87. The third-order valence-corrected chi connectivity index (χ3v) is 6.53. The molecule has 0 radical (unpaired) electrons. The summed E-state index contributed by atoms with van der Waals surface area (Å²) in [5, 5.41) is 19.8. The van der Waals surface area contributed by atoms with Gasteiger partial charge in [-0.05, 0) is 54.7 Å². The lowest BCUT2D eigenvalue weighted by atomic mass is 9.77. The van der Waals surface area contributed by atoms with Crippen LogP contribution in [0.15, 0.2) is 24.3 Å². The van der Waals surface area contributed by atoms with Gasteiger partial charge in [0, 0.05) is 18.1 Å². The van der Waals surface area contributed by atoms with E-state index in [1.54, 1.807) is 0 Å². The standard InChI is InChI=1S/C17H20ClN3OS/c18-14-3-1-2-13(10-14)17(6-7-17)12-4-8-21(9-5-12)16-20-19-15(11-22)23-16/h1-3,10,12,22H,4-9,11H2. The van der Waals surface area contributed by atoms with Crippen LogP contribution in [0.2, 0.25) is 5.02 Å². The number of anilines is 1. The molecule has 1 aliphatic heterocycles. The molecule has 0 amide bonds. The summed E-state index contributed by atoms with van der Waals surface area (Å²) in [5.41, 5.74) is 1.77. The van der Waals surface area contributed by atoms with Crippen molar-refractivity contribution in [1.82, 2.24) is 10.2 Å². The van der Waals surface area contributed by atoms with E-state index in [9.17, 15) is 0 Å². The molecular weight excluding hydrogens is 330 g/mol. The van der Waals surface area contributed by atoms with Gasteiger partial charge < -0.3 is 10.0 Å². The van der Waals surface area contributed by atoms with Crippen molar-refractivity contribution in [1.29, 1.82) is 0 Å². The van der Waals surface area contributed by atoms with Crippen LogP contribution < -0.4 is 4.90 Å². The molecule has 0 unspecified atom stereocenters. The number of aliphatic hydroxyl groups excluding tert-OH is 1. The molecule has 1 saturated carbocycles. The van der Waals surface area contributed by atoms with Crippen LogP contribution >= 0.6 is 22.9 Å². The molecule has 23 heavy (non-hydrogen) atoms. The lowest BCUT2D eigenvalue weighted by molar-refractivity contribution is 0.280. The molecule has 0 spiro atoms. The molecule has 1 saturated heterocycles. The maximum Gasteiger partial charge on any atom is 0.208 e. The van der Waals surface area contributed by atoms with Crippen LogP contribution in [-0.4, -0.2) is 28.4 Å². The zero-order valence-corrected chi connectivity index (χ0v) is 14.5. The summed E-state index contributed by atoms with van der Waals surface area (Å²) in [5.74, 6) is 0.724. The van der Waals surface area contributed by atoms with Crippen molar-refractivity contribution in [2.75, 3.05) is 18.0 Å². The van der Waals surface area contributed by atoms with Crippen molar-refractivity contribution in [3.8, 4) is 0 Å². The molecular formula is C17H20ClN3OS. The van der Waals surface area contributed by atoms with Crippen LogP contribution in [0.4, 0.5) is 5.13 Å². The molecule has 122 valence electrons. The summed E-state index contributed by atoms with van der Waals surface area (Å²) in [7, 11) is 0. The zero-order chi connectivity index (χ0) is 15.9. The van der Waals surface area contributed by atoms with Crippen molar-refractivity contribution < 1.29 is 5.11 Å². The first-order chi connectivity index (χ1) is 11.2. The Labute approximate surface area is 145 Å². The largest absolute Gasteiger partial charge is 0.389 e. The summed E-state index contributed by atoms with van der Waals surface area (Å²) in [4.78, 5) is 2.31. The molecule has 1 N–H and O–H groups in total. The van der Waals surface area contributed by atoms with E-state index in [1.807, 2.05) is 6.07 Å². The number of halogens is 1. The van der Waals surface area contributed by atoms with E-state index in [4.69, 9.17) is 16.7 Å². The summed E-state index contributed by atoms with van der Waals surface area (Å²) in [6.45, 7) is 2.02. The second-order valence-electron chi connectivity index (χ2n) is 6.56. The normalized spacial score (nSPS) is 20.7. The smallest absolute Gasteiger partial charge is 0.208 e. The maximum absolute atomic E-state index is 9.13. The van der Waals surface area contributed by atoms with E-state index in [0.717, 1.165) is 29.2 Å². The Morgan fingerprint density at radius 1 is 1.26 bits per heavy atom. The van der Waals surface area contributed by atoms with Crippen LogP contribution in [0, 0.1) is 5.92 Å². The lowest BCUT2D eigenvalue weighted by Gasteiger charge is -2.36. The minimum absolute atomic E-state index is 0.0218. The highest BCUT2D eigenvalue weighted by molar-refractivity contribution is 7.15. The number of hydrogen-bond donors (Lipinski definition) is 1. The van der Waals surface area contributed by atoms with E-state index in [2.05, 4.69) is 33.3 Å². The Balaban J connectivity index is 1.45. The van der Waals surface area contributed by atoms with Crippen molar-refractivity contribution in [3.05, 3.63) is 39.9 Å². The number of hydrogen-bond acceptors (Lipinski definition) is 5. The van der Waals surface area contributed by atoms with Gasteiger partial charge in [0.25, 0.3) is 0 Å². The number of piperidine rings is 1. The summed E-state index contributed by atoms with van der Waals surface area (Å²) in [6.07, 6.45) is 4.93. The SMILES string of the molecule is OCc1nnc(N2CCC(C3(c4cccc(Cl)c4)CC3)CC2)s1. The molecule has 4 rings (SSSR count). The van der Waals surface area contributed by atoms with Crippen LogP contribution in [0.25, 0.3) is 0 Å². The first-order valence-electron chi connectivity index (χ1n) is 8.15. The maximum atomic E-state index is 9.13. The average Bonchev–Trinajstić information content (AvgIpc) is 3.26. The van der Waals surface area contributed by atoms with Crippen molar-refractivity contribution in [3.63, 3.8) is 0 Å². The molecule has 2 fully saturated rings.